The van der Waals surface area contributed by atoms with Gasteiger partial charge >= 0.3 is 5.97 Å². The molecule has 82 valence electrons. The van der Waals surface area contributed by atoms with E-state index in [0.29, 0.717) is 10.9 Å². The predicted octanol–water partition coefficient (Wildman–Crippen LogP) is 2.95. The van der Waals surface area contributed by atoms with Crippen molar-refractivity contribution in [1.82, 2.24) is 4.98 Å². The second kappa shape index (κ2) is 4.06. The van der Waals surface area contributed by atoms with Crippen LogP contribution in [0.2, 0.25) is 5.02 Å². The smallest absolute Gasteiger partial charge is 0.308 e. The van der Waals surface area contributed by atoms with Gasteiger partial charge in [-0.25, -0.2) is 4.39 Å². The Morgan fingerprint density at radius 1 is 1.50 bits per heavy atom. The van der Waals surface area contributed by atoms with Gasteiger partial charge in [0.2, 0.25) is 0 Å². The van der Waals surface area contributed by atoms with Gasteiger partial charge in [-0.1, -0.05) is 11.6 Å². The summed E-state index contributed by atoms with van der Waals surface area (Å²) >= 11 is 5.62. The molecule has 1 aromatic carbocycles. The summed E-state index contributed by atoms with van der Waals surface area (Å²) in [6.07, 6.45) is 1.47. The number of esters is 1. The topological polar surface area (TPSA) is 39.2 Å². The molecule has 0 aliphatic heterocycles. The third kappa shape index (κ3) is 1.97. The van der Waals surface area contributed by atoms with Crippen molar-refractivity contribution < 1.29 is 13.9 Å². The van der Waals surface area contributed by atoms with E-state index in [2.05, 4.69) is 4.98 Å². The summed E-state index contributed by atoms with van der Waals surface area (Å²) in [5.74, 6) is -0.772. The highest BCUT2D eigenvalue weighted by atomic mass is 35.5. The fourth-order valence-electron chi connectivity index (χ4n) is 1.36. The number of ether oxygens (including phenoxy) is 1. The molecule has 5 heteroatoms. The van der Waals surface area contributed by atoms with Crippen molar-refractivity contribution in [1.29, 1.82) is 0 Å². The average Bonchev–Trinajstić information content (AvgIpc) is 2.20. The second-order valence-corrected chi connectivity index (χ2v) is 3.59. The largest absolute Gasteiger partial charge is 0.426 e. The number of hydrogen-bond donors (Lipinski definition) is 0. The number of fused-ring (bicyclic) bond motifs is 1. The summed E-state index contributed by atoms with van der Waals surface area (Å²) < 4.78 is 18.2. The van der Waals surface area contributed by atoms with Gasteiger partial charge in [0.1, 0.15) is 11.6 Å². The van der Waals surface area contributed by atoms with E-state index in [1.807, 2.05) is 0 Å². The van der Waals surface area contributed by atoms with Crippen molar-refractivity contribution in [3.8, 4) is 5.75 Å². The Bertz CT molecular complexity index is 571. The lowest BCUT2D eigenvalue weighted by Gasteiger charge is -2.05. The number of pyridine rings is 1. The van der Waals surface area contributed by atoms with E-state index in [9.17, 15) is 9.18 Å². The summed E-state index contributed by atoms with van der Waals surface area (Å²) in [7, 11) is 0. The van der Waals surface area contributed by atoms with Crippen LogP contribution in [0.5, 0.6) is 5.75 Å². The molecule has 2 rings (SSSR count). The first-order chi connectivity index (χ1) is 7.58. The third-order valence-electron chi connectivity index (χ3n) is 2.00. The molecule has 0 aliphatic carbocycles. The zero-order chi connectivity index (χ0) is 11.7. The maximum atomic E-state index is 13.3. The molecule has 0 aliphatic rings. The van der Waals surface area contributed by atoms with Crippen LogP contribution in [-0.4, -0.2) is 11.0 Å². The predicted molar refractivity (Wildman–Crippen MR) is 58.0 cm³/mol. The van der Waals surface area contributed by atoms with Crippen LogP contribution in [0, 0.1) is 5.82 Å². The average molecular weight is 240 g/mol. The summed E-state index contributed by atoms with van der Waals surface area (Å²) in [6, 6.07) is 4.08. The van der Waals surface area contributed by atoms with Gasteiger partial charge in [0, 0.05) is 18.5 Å². The van der Waals surface area contributed by atoms with Crippen molar-refractivity contribution in [2.24, 2.45) is 0 Å². The molecule has 3 nitrogen and oxygen atoms in total. The van der Waals surface area contributed by atoms with Crippen molar-refractivity contribution in [3.63, 3.8) is 0 Å². The van der Waals surface area contributed by atoms with Crippen LogP contribution >= 0.6 is 11.6 Å². The van der Waals surface area contributed by atoms with Gasteiger partial charge in [-0.3, -0.25) is 9.78 Å². The molecule has 2 aromatic rings. The second-order valence-electron chi connectivity index (χ2n) is 3.19. The number of carbonyl (C=O) groups excluding carboxylic acids is 1. The monoisotopic (exact) mass is 239 g/mol. The molecule has 0 bridgehead atoms. The van der Waals surface area contributed by atoms with Crippen LogP contribution < -0.4 is 4.74 Å². The lowest BCUT2D eigenvalue weighted by atomic mass is 10.2. The molecule has 0 atom stereocenters. The van der Waals surface area contributed by atoms with Crippen LogP contribution in [0.15, 0.2) is 24.4 Å². The zero-order valence-electron chi connectivity index (χ0n) is 8.33. The van der Waals surface area contributed by atoms with E-state index in [1.165, 1.54) is 31.3 Å². The minimum Gasteiger partial charge on any atom is -0.426 e. The highest BCUT2D eigenvalue weighted by Gasteiger charge is 2.09. The van der Waals surface area contributed by atoms with Crippen molar-refractivity contribution in [3.05, 3.63) is 35.2 Å². The summed E-state index contributed by atoms with van der Waals surface area (Å²) in [4.78, 5) is 14.9. The number of benzene rings is 1. The lowest BCUT2D eigenvalue weighted by molar-refractivity contribution is -0.131. The number of nitrogens with zero attached hydrogens (tertiary/aromatic N) is 1. The minimum absolute atomic E-state index is 0.0139. The minimum atomic E-state index is -0.574. The number of hydrogen-bond acceptors (Lipinski definition) is 3. The lowest BCUT2D eigenvalue weighted by Crippen LogP contribution is -2.02. The Morgan fingerprint density at radius 2 is 2.25 bits per heavy atom. The number of carbonyl (C=O) groups is 1. The standard InChI is InChI=1S/C11H7ClFNO2/c1-6(15)16-11-2-3-14-10-5-8(12)9(13)4-7(10)11/h2-5H,1H3. The van der Waals surface area contributed by atoms with E-state index in [-0.39, 0.29) is 10.8 Å². The number of rotatable bonds is 1. The summed E-state index contributed by atoms with van der Waals surface area (Å²) in [5.41, 5.74) is 0.477. The molecule has 0 saturated heterocycles. The SMILES string of the molecule is CC(=O)Oc1ccnc2cc(Cl)c(F)cc12. The van der Waals surface area contributed by atoms with Crippen LogP contribution in [0.1, 0.15) is 6.92 Å². The van der Waals surface area contributed by atoms with Crippen LogP contribution in [0.25, 0.3) is 10.9 Å². The summed E-state index contributed by atoms with van der Waals surface area (Å²) in [6.45, 7) is 1.28. The molecular formula is C11H7ClFNO2. The van der Waals surface area contributed by atoms with Gasteiger partial charge in [0.15, 0.2) is 0 Å². The Labute approximate surface area is 95.8 Å². The van der Waals surface area contributed by atoms with Gasteiger partial charge in [-0.15, -0.1) is 0 Å². The maximum absolute atomic E-state index is 13.3. The van der Waals surface area contributed by atoms with E-state index in [1.54, 1.807) is 0 Å². The Balaban J connectivity index is 2.67. The first kappa shape index (κ1) is 10.8. The van der Waals surface area contributed by atoms with Crippen molar-refractivity contribution in [2.75, 3.05) is 0 Å². The summed E-state index contributed by atoms with van der Waals surface area (Å²) in [5, 5.41) is 0.402. The molecule has 0 N–H and O–H groups in total. The van der Waals surface area contributed by atoms with E-state index in [0.717, 1.165) is 0 Å². The molecule has 0 amide bonds. The molecule has 0 saturated carbocycles. The van der Waals surface area contributed by atoms with Crippen LogP contribution in [0.4, 0.5) is 4.39 Å². The number of halogens is 2. The molecule has 0 fully saturated rings. The van der Waals surface area contributed by atoms with E-state index in [4.69, 9.17) is 16.3 Å². The first-order valence-corrected chi connectivity index (χ1v) is 4.88. The first-order valence-electron chi connectivity index (χ1n) is 4.50. The highest BCUT2D eigenvalue weighted by molar-refractivity contribution is 6.31. The molecule has 0 spiro atoms. The zero-order valence-corrected chi connectivity index (χ0v) is 9.08. The number of aromatic nitrogens is 1. The Hall–Kier alpha value is -1.68. The Morgan fingerprint density at radius 3 is 2.94 bits per heavy atom. The Kier molecular flexibility index (Phi) is 2.75. The van der Waals surface area contributed by atoms with E-state index >= 15 is 0 Å². The maximum Gasteiger partial charge on any atom is 0.308 e. The van der Waals surface area contributed by atoms with Crippen molar-refractivity contribution >= 4 is 28.5 Å². The van der Waals surface area contributed by atoms with Gasteiger partial charge in [-0.05, 0) is 18.2 Å². The van der Waals surface area contributed by atoms with Gasteiger partial charge < -0.3 is 4.74 Å². The molecule has 0 unspecified atom stereocenters. The fourth-order valence-corrected chi connectivity index (χ4v) is 1.52. The van der Waals surface area contributed by atoms with Gasteiger partial charge in [0.05, 0.1) is 10.5 Å². The molecule has 0 radical (unpaired) electrons. The molecule has 1 heterocycles. The van der Waals surface area contributed by atoms with Crippen LogP contribution in [-0.2, 0) is 4.79 Å². The van der Waals surface area contributed by atoms with E-state index < -0.39 is 11.8 Å². The highest BCUT2D eigenvalue weighted by Crippen LogP contribution is 2.28. The van der Waals surface area contributed by atoms with Gasteiger partial charge in [-0.2, -0.15) is 0 Å². The quantitative estimate of drug-likeness (QED) is 0.719. The fraction of sp³-hybridized carbons (Fsp3) is 0.0909. The third-order valence-corrected chi connectivity index (χ3v) is 2.29. The molecule has 1 aromatic heterocycles. The van der Waals surface area contributed by atoms with Gasteiger partial charge in [0.25, 0.3) is 0 Å². The normalized spacial score (nSPS) is 10.4. The van der Waals surface area contributed by atoms with Crippen molar-refractivity contribution in [2.45, 2.75) is 6.92 Å². The molecular weight excluding hydrogens is 233 g/mol. The molecule has 16 heavy (non-hydrogen) atoms. The van der Waals surface area contributed by atoms with Crippen LogP contribution in [0.3, 0.4) is 0 Å².